The number of benzene rings is 1. The van der Waals surface area contributed by atoms with Crippen LogP contribution in [0.5, 0.6) is 0 Å². The van der Waals surface area contributed by atoms with Crippen molar-refractivity contribution in [2.75, 3.05) is 0 Å². The summed E-state index contributed by atoms with van der Waals surface area (Å²) in [6.45, 7) is 3.40. The number of aryl methyl sites for hydroxylation is 3. The first kappa shape index (κ1) is 23.6. The molecule has 1 heterocycles. The fourth-order valence-corrected chi connectivity index (χ4v) is 4.08. The number of nitrogens with zero attached hydrogens (tertiary/aromatic N) is 1. The summed E-state index contributed by atoms with van der Waals surface area (Å²) in [6, 6.07) is 15.4. The number of pyridine rings is 1. The van der Waals surface area contributed by atoms with Crippen LogP contribution in [0.15, 0.2) is 54.9 Å². The molecule has 0 aliphatic heterocycles. The second kappa shape index (κ2) is 16.2. The third-order valence-corrected chi connectivity index (χ3v) is 6.00. The third-order valence-electron chi connectivity index (χ3n) is 6.00. The summed E-state index contributed by atoms with van der Waals surface area (Å²) in [7, 11) is 0. The Balaban J connectivity index is 1.44. The fourth-order valence-electron chi connectivity index (χ4n) is 4.08. The lowest BCUT2D eigenvalue weighted by atomic mass is 10.0. The van der Waals surface area contributed by atoms with Crippen LogP contribution in [0.3, 0.4) is 0 Å². The van der Waals surface area contributed by atoms with Gasteiger partial charge in [-0.2, -0.15) is 0 Å². The Morgan fingerprint density at radius 2 is 1.00 bits per heavy atom. The van der Waals surface area contributed by atoms with Crippen molar-refractivity contribution in [2.24, 2.45) is 0 Å². The first-order valence-electron chi connectivity index (χ1n) is 12.4. The van der Waals surface area contributed by atoms with Crippen molar-refractivity contribution in [1.82, 2.24) is 0 Å². The average Bonchev–Trinajstić information content (AvgIpc) is 2.76. The molecule has 2 aromatic rings. The van der Waals surface area contributed by atoms with E-state index in [4.69, 9.17) is 0 Å². The quantitative estimate of drug-likeness (QED) is 0.190. The largest absolute Gasteiger partial charge is 0.205 e. The highest BCUT2D eigenvalue weighted by Gasteiger charge is 2.02. The minimum atomic E-state index is 1.10. The van der Waals surface area contributed by atoms with Crippen LogP contribution in [0.25, 0.3) is 0 Å². The maximum absolute atomic E-state index is 2.33. The van der Waals surface area contributed by atoms with E-state index >= 15 is 0 Å². The molecule has 0 saturated carbocycles. The molecular formula is C28H44N+. The van der Waals surface area contributed by atoms with E-state index in [1.165, 1.54) is 101 Å². The van der Waals surface area contributed by atoms with Crippen LogP contribution in [0.4, 0.5) is 0 Å². The molecule has 0 atom stereocenters. The van der Waals surface area contributed by atoms with Crippen LogP contribution in [-0.2, 0) is 19.4 Å². The van der Waals surface area contributed by atoms with Gasteiger partial charge in [-0.05, 0) is 30.4 Å². The van der Waals surface area contributed by atoms with Gasteiger partial charge in [-0.15, -0.1) is 0 Å². The Bertz CT molecular complexity index is 602. The van der Waals surface area contributed by atoms with Gasteiger partial charge in [0.1, 0.15) is 6.54 Å². The molecule has 1 heteroatoms. The van der Waals surface area contributed by atoms with E-state index in [2.05, 4.69) is 66.3 Å². The molecule has 160 valence electrons. The van der Waals surface area contributed by atoms with E-state index in [0.717, 1.165) is 13.0 Å². The van der Waals surface area contributed by atoms with Crippen molar-refractivity contribution < 1.29 is 4.57 Å². The highest BCUT2D eigenvalue weighted by atomic mass is 14.9. The Hall–Kier alpha value is -1.63. The summed E-state index contributed by atoms with van der Waals surface area (Å²) in [6.07, 6.45) is 25.2. The smallest absolute Gasteiger partial charge is 0.169 e. The molecular weight excluding hydrogens is 350 g/mol. The average molecular weight is 395 g/mol. The molecule has 0 spiro atoms. The minimum absolute atomic E-state index is 1.10. The molecule has 0 bridgehead atoms. The Kier molecular flexibility index (Phi) is 13.2. The summed E-state index contributed by atoms with van der Waals surface area (Å²) in [5.41, 5.74) is 2.94. The van der Waals surface area contributed by atoms with E-state index in [1.54, 1.807) is 0 Å². The Morgan fingerprint density at radius 1 is 0.517 bits per heavy atom. The highest BCUT2D eigenvalue weighted by Crippen LogP contribution is 2.13. The van der Waals surface area contributed by atoms with Crippen LogP contribution in [0.2, 0.25) is 0 Å². The molecule has 1 aromatic heterocycles. The molecule has 0 unspecified atom stereocenters. The Labute approximate surface area is 180 Å². The second-order valence-electron chi connectivity index (χ2n) is 8.67. The number of rotatable bonds is 17. The van der Waals surface area contributed by atoms with Crippen molar-refractivity contribution in [2.45, 2.75) is 110 Å². The van der Waals surface area contributed by atoms with E-state index in [9.17, 15) is 0 Å². The molecule has 0 aliphatic rings. The van der Waals surface area contributed by atoms with Crippen molar-refractivity contribution >= 4 is 0 Å². The lowest BCUT2D eigenvalue weighted by Crippen LogP contribution is -2.32. The van der Waals surface area contributed by atoms with Gasteiger partial charge in [0.05, 0.1) is 0 Å². The molecule has 0 N–H and O–H groups in total. The molecule has 2 rings (SSSR count). The predicted octanol–water partition coefficient (Wildman–Crippen LogP) is 7.85. The van der Waals surface area contributed by atoms with Crippen molar-refractivity contribution in [1.29, 1.82) is 0 Å². The van der Waals surface area contributed by atoms with Crippen LogP contribution in [-0.4, -0.2) is 0 Å². The topological polar surface area (TPSA) is 3.88 Å². The highest BCUT2D eigenvalue weighted by molar-refractivity contribution is 5.14. The molecule has 1 aromatic carbocycles. The van der Waals surface area contributed by atoms with Crippen molar-refractivity contribution in [3.8, 4) is 0 Å². The number of hydrogen-bond donors (Lipinski definition) is 0. The van der Waals surface area contributed by atoms with Gasteiger partial charge in [-0.3, -0.25) is 0 Å². The van der Waals surface area contributed by atoms with Crippen LogP contribution in [0, 0.1) is 0 Å². The van der Waals surface area contributed by atoms with E-state index in [-0.39, 0.29) is 0 Å². The van der Waals surface area contributed by atoms with Gasteiger partial charge >= 0.3 is 0 Å². The summed E-state index contributed by atoms with van der Waals surface area (Å²) < 4.78 is 2.33. The molecule has 0 aliphatic carbocycles. The van der Waals surface area contributed by atoms with Crippen molar-refractivity contribution in [3.05, 3.63) is 66.0 Å². The maximum Gasteiger partial charge on any atom is 0.169 e. The van der Waals surface area contributed by atoms with Gasteiger partial charge < -0.3 is 0 Å². The number of unbranched alkanes of at least 4 members (excludes halogenated alkanes) is 11. The molecule has 0 radical (unpaired) electrons. The normalized spacial score (nSPS) is 11.1. The standard InChI is InChI=1S/C28H44N/c1-2-3-4-5-6-7-8-9-10-11-12-14-20-28-22-25-29(26-23-28)24-17-21-27-18-15-13-16-19-27/h13,15-16,18-19,22-23,25-26H,2-12,14,17,20-21,24H2,1H3/q+1. The first-order valence-corrected chi connectivity index (χ1v) is 12.4. The maximum atomic E-state index is 2.33. The third kappa shape index (κ3) is 11.8. The van der Waals surface area contributed by atoms with Gasteiger partial charge in [0.15, 0.2) is 12.4 Å². The summed E-state index contributed by atoms with van der Waals surface area (Å²) in [5.74, 6) is 0. The van der Waals surface area contributed by atoms with Gasteiger partial charge in [0.25, 0.3) is 0 Å². The SMILES string of the molecule is CCCCCCCCCCCCCCc1cc[n+](CCCc2ccccc2)cc1. The zero-order valence-electron chi connectivity index (χ0n) is 19.0. The van der Waals surface area contributed by atoms with E-state index in [0.29, 0.717) is 0 Å². The zero-order valence-corrected chi connectivity index (χ0v) is 19.0. The number of aromatic nitrogens is 1. The number of hydrogen-bond acceptors (Lipinski definition) is 0. The van der Waals surface area contributed by atoms with Crippen LogP contribution < -0.4 is 4.57 Å². The second-order valence-corrected chi connectivity index (χ2v) is 8.67. The molecule has 1 nitrogen and oxygen atoms in total. The van der Waals surface area contributed by atoms with Gasteiger partial charge in [-0.1, -0.05) is 108 Å². The Morgan fingerprint density at radius 3 is 1.59 bits per heavy atom. The summed E-state index contributed by atoms with van der Waals surface area (Å²) in [5, 5.41) is 0. The monoisotopic (exact) mass is 394 g/mol. The van der Waals surface area contributed by atoms with Crippen LogP contribution in [0.1, 0.15) is 102 Å². The lowest BCUT2D eigenvalue weighted by molar-refractivity contribution is -0.697. The molecule has 0 fully saturated rings. The van der Waals surface area contributed by atoms with E-state index < -0.39 is 0 Å². The van der Waals surface area contributed by atoms with Gasteiger partial charge in [0.2, 0.25) is 0 Å². The van der Waals surface area contributed by atoms with Gasteiger partial charge in [-0.25, -0.2) is 4.57 Å². The summed E-state index contributed by atoms with van der Waals surface area (Å²) in [4.78, 5) is 0. The van der Waals surface area contributed by atoms with E-state index in [1.807, 2.05) is 0 Å². The lowest BCUT2D eigenvalue weighted by Gasteiger charge is -2.04. The predicted molar refractivity (Wildman–Crippen MR) is 126 cm³/mol. The minimum Gasteiger partial charge on any atom is -0.205 e. The molecule has 0 amide bonds. The summed E-state index contributed by atoms with van der Waals surface area (Å²) >= 11 is 0. The molecule has 0 saturated heterocycles. The van der Waals surface area contributed by atoms with Crippen molar-refractivity contribution in [3.63, 3.8) is 0 Å². The van der Waals surface area contributed by atoms with Gasteiger partial charge in [0, 0.05) is 18.6 Å². The first-order chi connectivity index (χ1) is 14.4. The molecule has 29 heavy (non-hydrogen) atoms. The fraction of sp³-hybridized carbons (Fsp3) is 0.607. The zero-order chi connectivity index (χ0) is 20.4. The van der Waals surface area contributed by atoms with Crippen LogP contribution >= 0.6 is 0 Å².